The predicted octanol–water partition coefficient (Wildman–Crippen LogP) is -0.488. The third kappa shape index (κ3) is 9.64. The van der Waals surface area contributed by atoms with Crippen LogP contribution in [0.15, 0.2) is 0 Å². The van der Waals surface area contributed by atoms with Crippen LogP contribution in [0.4, 0.5) is 0 Å². The summed E-state index contributed by atoms with van der Waals surface area (Å²) in [4.78, 5) is 10.5. The Balaban J connectivity index is 4.53. The summed E-state index contributed by atoms with van der Waals surface area (Å²) < 4.78 is 26.9. The van der Waals surface area contributed by atoms with Crippen LogP contribution < -0.4 is 0 Å². The molecule has 6 nitrogen and oxygen atoms in total. The fourth-order valence-electron chi connectivity index (χ4n) is 1.18. The van der Waals surface area contributed by atoms with E-state index in [-0.39, 0.29) is 6.42 Å². The van der Waals surface area contributed by atoms with Crippen molar-refractivity contribution in [1.82, 2.24) is 0 Å². The van der Waals surface area contributed by atoms with Gasteiger partial charge in [-0.25, -0.2) is 0 Å². The lowest BCUT2D eigenvalue weighted by molar-refractivity contribution is -0.873. The summed E-state index contributed by atoms with van der Waals surface area (Å²) in [6.07, 6.45) is -0.224. The number of carbonyl (C=O) groups is 1. The Bertz CT molecular complexity index is 316. The summed E-state index contributed by atoms with van der Waals surface area (Å²) in [5, 5.41) is 8.60. The molecule has 0 aromatic heterocycles. The minimum Gasteiger partial charge on any atom is -0.481 e. The van der Waals surface area contributed by atoms with Crippen molar-refractivity contribution in [3.63, 3.8) is 0 Å². The first-order chi connectivity index (χ1) is 6.49. The minimum atomic E-state index is -3.61. The molecule has 0 aromatic rings. The number of likely N-dealkylation sites (N-methyl/N-ethyl adjacent to an activating group) is 1. The number of hydrogen-bond acceptors (Lipinski definition) is 4. The van der Waals surface area contributed by atoms with Gasteiger partial charge in [0.15, 0.2) is 0 Å². The van der Waals surface area contributed by atoms with Gasteiger partial charge in [0.05, 0.1) is 33.8 Å². The fourth-order valence-corrected chi connectivity index (χ4v) is 1.81. The number of hydrogen-bond donors (Lipinski definition) is 1. The van der Waals surface area contributed by atoms with Crippen molar-refractivity contribution < 1.29 is 27.0 Å². The fraction of sp³-hybridized carbons (Fsp3) is 0.875. The molecule has 15 heavy (non-hydrogen) atoms. The van der Waals surface area contributed by atoms with Gasteiger partial charge in [0.1, 0.15) is 12.6 Å². The maximum absolute atomic E-state index is 10.9. The van der Waals surface area contributed by atoms with Crippen LogP contribution in [0.25, 0.3) is 0 Å². The highest BCUT2D eigenvalue weighted by atomic mass is 32.2. The molecule has 0 aliphatic heterocycles. The predicted molar refractivity (Wildman–Crippen MR) is 54.9 cm³/mol. The average Bonchev–Trinajstić information content (AvgIpc) is 1.73. The Hall–Kier alpha value is -0.660. The highest BCUT2D eigenvalue weighted by Crippen LogP contribution is 2.07. The molecule has 90 valence electrons. The van der Waals surface area contributed by atoms with Crippen LogP contribution in [0.1, 0.15) is 6.42 Å². The first-order valence-corrected chi connectivity index (χ1v) is 6.22. The SMILES string of the molecule is C[N+](C)(C)CC(CC(=O)O)OS(C)(=O)=O. The van der Waals surface area contributed by atoms with Crippen molar-refractivity contribution in [3.8, 4) is 0 Å². The van der Waals surface area contributed by atoms with E-state index in [9.17, 15) is 13.2 Å². The molecule has 0 aromatic carbocycles. The first-order valence-electron chi connectivity index (χ1n) is 4.40. The topological polar surface area (TPSA) is 80.7 Å². The van der Waals surface area contributed by atoms with Crippen LogP contribution in [0.5, 0.6) is 0 Å². The van der Waals surface area contributed by atoms with Gasteiger partial charge in [0.2, 0.25) is 0 Å². The monoisotopic (exact) mass is 240 g/mol. The molecule has 0 fully saturated rings. The Morgan fingerprint density at radius 2 is 1.87 bits per heavy atom. The van der Waals surface area contributed by atoms with Crippen molar-refractivity contribution >= 4 is 16.1 Å². The van der Waals surface area contributed by atoms with Gasteiger partial charge in [0.25, 0.3) is 10.1 Å². The number of rotatable bonds is 6. The van der Waals surface area contributed by atoms with E-state index in [4.69, 9.17) is 9.29 Å². The van der Waals surface area contributed by atoms with Crippen molar-refractivity contribution in [1.29, 1.82) is 0 Å². The lowest BCUT2D eigenvalue weighted by Crippen LogP contribution is -2.43. The van der Waals surface area contributed by atoms with Crippen molar-refractivity contribution in [3.05, 3.63) is 0 Å². The van der Waals surface area contributed by atoms with Gasteiger partial charge < -0.3 is 9.59 Å². The minimum absolute atomic E-state index is 0.317. The molecule has 0 bridgehead atoms. The zero-order valence-electron chi connectivity index (χ0n) is 9.43. The Morgan fingerprint density at radius 3 is 2.13 bits per heavy atom. The van der Waals surface area contributed by atoms with Crippen LogP contribution in [-0.4, -0.2) is 64.0 Å². The van der Waals surface area contributed by atoms with Gasteiger partial charge in [-0.15, -0.1) is 0 Å². The van der Waals surface area contributed by atoms with Gasteiger partial charge >= 0.3 is 5.97 Å². The highest BCUT2D eigenvalue weighted by molar-refractivity contribution is 7.86. The number of carboxylic acid groups (broad SMARTS) is 1. The summed E-state index contributed by atoms with van der Waals surface area (Å²) >= 11 is 0. The van der Waals surface area contributed by atoms with Crippen LogP contribution in [0, 0.1) is 0 Å². The van der Waals surface area contributed by atoms with Gasteiger partial charge in [-0.05, 0) is 0 Å². The van der Waals surface area contributed by atoms with Crippen LogP contribution in [0.2, 0.25) is 0 Å². The molecule has 1 N–H and O–H groups in total. The standard InChI is InChI=1S/C8H17NO5S/c1-9(2,3)6-7(5-8(10)11)14-15(4,12)13/h7H,5-6H2,1-4H3/p+1. The maximum atomic E-state index is 10.9. The van der Waals surface area contributed by atoms with E-state index in [1.165, 1.54) is 0 Å². The van der Waals surface area contributed by atoms with Gasteiger partial charge in [0, 0.05) is 0 Å². The molecule has 0 radical (unpaired) electrons. The first kappa shape index (κ1) is 14.3. The highest BCUT2D eigenvalue weighted by Gasteiger charge is 2.25. The molecule has 0 amide bonds. The van der Waals surface area contributed by atoms with Gasteiger partial charge in [-0.1, -0.05) is 0 Å². The third-order valence-corrected chi connectivity index (χ3v) is 2.09. The summed E-state index contributed by atoms with van der Waals surface area (Å²) in [5.41, 5.74) is 0. The summed E-state index contributed by atoms with van der Waals surface area (Å²) in [7, 11) is 1.89. The van der Waals surface area contributed by atoms with Crippen molar-refractivity contribution in [2.24, 2.45) is 0 Å². The number of carboxylic acids is 1. The van der Waals surface area contributed by atoms with E-state index < -0.39 is 22.2 Å². The maximum Gasteiger partial charge on any atom is 0.306 e. The normalized spacial score (nSPS) is 14.9. The van der Waals surface area contributed by atoms with E-state index in [1.54, 1.807) is 0 Å². The summed E-state index contributed by atoms with van der Waals surface area (Å²) in [6.45, 7) is 0.319. The molecule has 0 saturated carbocycles. The second-order valence-electron chi connectivity index (χ2n) is 4.49. The van der Waals surface area contributed by atoms with Gasteiger partial charge in [-0.2, -0.15) is 8.42 Å². The number of nitrogens with zero attached hydrogens (tertiary/aromatic N) is 1. The zero-order valence-corrected chi connectivity index (χ0v) is 10.2. The lowest BCUT2D eigenvalue weighted by Gasteiger charge is -2.27. The van der Waals surface area contributed by atoms with Crippen molar-refractivity contribution in [2.75, 3.05) is 33.9 Å². The molecule has 1 unspecified atom stereocenters. The number of aliphatic carboxylic acids is 1. The Kier molecular flexibility index (Phi) is 4.69. The molecule has 0 aliphatic rings. The van der Waals surface area contributed by atoms with Crippen LogP contribution in [0.3, 0.4) is 0 Å². The third-order valence-electron chi connectivity index (χ3n) is 1.46. The smallest absolute Gasteiger partial charge is 0.306 e. The molecular formula is C8H18NO5S+. The molecule has 0 rings (SSSR count). The molecular weight excluding hydrogens is 222 g/mol. The van der Waals surface area contributed by atoms with Gasteiger partial charge in [-0.3, -0.25) is 8.98 Å². The van der Waals surface area contributed by atoms with E-state index >= 15 is 0 Å². The lowest BCUT2D eigenvalue weighted by atomic mass is 10.2. The quantitative estimate of drug-likeness (QED) is 0.500. The summed E-state index contributed by atoms with van der Waals surface area (Å²) in [6, 6.07) is 0. The molecule has 0 aliphatic carbocycles. The molecule has 0 spiro atoms. The van der Waals surface area contributed by atoms with E-state index in [0.717, 1.165) is 6.26 Å². The second kappa shape index (κ2) is 4.91. The number of quaternary nitrogens is 1. The second-order valence-corrected chi connectivity index (χ2v) is 6.09. The molecule has 0 saturated heterocycles. The van der Waals surface area contributed by atoms with Crippen molar-refractivity contribution in [2.45, 2.75) is 12.5 Å². The molecule has 0 heterocycles. The van der Waals surface area contributed by atoms with Crippen LogP contribution in [-0.2, 0) is 19.1 Å². The molecule has 1 atom stereocenters. The van der Waals surface area contributed by atoms with E-state index in [2.05, 4.69) is 0 Å². The van der Waals surface area contributed by atoms with Crippen LogP contribution >= 0.6 is 0 Å². The average molecular weight is 240 g/mol. The molecule has 7 heteroatoms. The van der Waals surface area contributed by atoms with E-state index in [0.29, 0.717) is 11.0 Å². The Labute approximate surface area is 90.2 Å². The Morgan fingerprint density at radius 1 is 1.40 bits per heavy atom. The zero-order chi connectivity index (χ0) is 12.3. The summed E-state index contributed by atoms with van der Waals surface area (Å²) in [5.74, 6) is -1.07. The van der Waals surface area contributed by atoms with E-state index in [1.807, 2.05) is 21.1 Å². The largest absolute Gasteiger partial charge is 0.481 e.